The van der Waals surface area contributed by atoms with Crippen molar-refractivity contribution in [1.29, 1.82) is 0 Å². The molecule has 0 aliphatic carbocycles. The van der Waals surface area contributed by atoms with E-state index in [4.69, 9.17) is 23.2 Å². The smallest absolute Gasteiger partial charge is 0.307 e. The van der Waals surface area contributed by atoms with E-state index in [1.165, 1.54) is 18.2 Å². The zero-order valence-corrected chi connectivity index (χ0v) is 12.9. The fraction of sp³-hybridized carbons (Fsp3) is 0.0667. The Morgan fingerprint density at radius 1 is 1.17 bits per heavy atom. The number of pyridine rings is 1. The first-order valence-electron chi connectivity index (χ1n) is 6.23. The lowest BCUT2D eigenvalue weighted by molar-refractivity contribution is -0.137. The van der Waals surface area contributed by atoms with E-state index in [1.54, 1.807) is 12.1 Å². The monoisotopic (exact) mass is 360 g/mol. The van der Waals surface area contributed by atoms with E-state index in [0.717, 1.165) is 12.1 Å². The number of anilines is 1. The number of benzene rings is 1. The largest absolute Gasteiger partial charge is 0.417 e. The number of carbonyl (C=O) groups is 1. The summed E-state index contributed by atoms with van der Waals surface area (Å²) >= 11 is 11.7. The van der Waals surface area contributed by atoms with Crippen LogP contribution in [0.3, 0.4) is 0 Å². The Kier molecular flexibility index (Phi) is 5.28. The van der Waals surface area contributed by atoms with Crippen LogP contribution in [0.5, 0.6) is 0 Å². The quantitative estimate of drug-likeness (QED) is 0.777. The first-order valence-corrected chi connectivity index (χ1v) is 6.98. The summed E-state index contributed by atoms with van der Waals surface area (Å²) in [7, 11) is 0. The molecular weight excluding hydrogens is 352 g/mol. The number of nitrogens with one attached hydrogen (secondary N) is 1. The lowest BCUT2D eigenvalue weighted by Gasteiger charge is -2.06. The standard InChI is InChI=1S/C15H9Cl2F3N2O/c16-11-4-1-9(12(17)7-11)2-6-14(23)22-13-5-3-10(8-21-13)15(18,19)20/h1-8H,(H,21,22,23)/b6-2+. The van der Waals surface area contributed by atoms with Crippen molar-refractivity contribution in [3.63, 3.8) is 0 Å². The molecule has 0 saturated carbocycles. The Bertz CT molecular complexity index is 743. The zero-order valence-electron chi connectivity index (χ0n) is 11.4. The molecule has 0 atom stereocenters. The summed E-state index contributed by atoms with van der Waals surface area (Å²) in [6.45, 7) is 0. The van der Waals surface area contributed by atoms with E-state index in [1.807, 2.05) is 0 Å². The molecule has 2 aromatic rings. The highest BCUT2D eigenvalue weighted by Crippen LogP contribution is 2.28. The fourth-order valence-electron chi connectivity index (χ4n) is 1.61. The first-order chi connectivity index (χ1) is 10.8. The third-order valence-corrected chi connectivity index (χ3v) is 3.28. The van der Waals surface area contributed by atoms with Crippen LogP contribution in [-0.2, 0) is 11.0 Å². The van der Waals surface area contributed by atoms with E-state index in [-0.39, 0.29) is 5.82 Å². The number of carbonyl (C=O) groups excluding carboxylic acids is 1. The second-order valence-corrected chi connectivity index (χ2v) is 5.26. The molecular formula is C15H9Cl2F3N2O. The van der Waals surface area contributed by atoms with Crippen molar-refractivity contribution in [2.75, 3.05) is 5.32 Å². The van der Waals surface area contributed by atoms with Gasteiger partial charge in [-0.3, -0.25) is 4.79 Å². The SMILES string of the molecule is O=C(/C=C/c1ccc(Cl)cc1Cl)Nc1ccc(C(F)(F)F)cn1. The molecule has 0 spiro atoms. The molecule has 0 unspecified atom stereocenters. The fourth-order valence-corrected chi connectivity index (χ4v) is 2.08. The van der Waals surface area contributed by atoms with Crippen LogP contribution < -0.4 is 5.32 Å². The van der Waals surface area contributed by atoms with Crippen LogP contribution in [0.15, 0.2) is 42.6 Å². The van der Waals surface area contributed by atoms with E-state index >= 15 is 0 Å². The normalized spacial score (nSPS) is 11.7. The van der Waals surface area contributed by atoms with Crippen molar-refractivity contribution in [1.82, 2.24) is 4.98 Å². The van der Waals surface area contributed by atoms with Crippen LogP contribution in [0, 0.1) is 0 Å². The van der Waals surface area contributed by atoms with Crippen LogP contribution in [0.1, 0.15) is 11.1 Å². The minimum Gasteiger partial charge on any atom is -0.307 e. The van der Waals surface area contributed by atoms with Gasteiger partial charge in [-0.2, -0.15) is 13.2 Å². The molecule has 0 fully saturated rings. The number of alkyl halides is 3. The summed E-state index contributed by atoms with van der Waals surface area (Å²) in [6, 6.07) is 6.68. The van der Waals surface area contributed by atoms with Gasteiger partial charge < -0.3 is 5.32 Å². The number of rotatable bonds is 3. The molecule has 0 aliphatic rings. The summed E-state index contributed by atoms with van der Waals surface area (Å²) in [5, 5.41) is 3.18. The van der Waals surface area contributed by atoms with Crippen molar-refractivity contribution in [3.8, 4) is 0 Å². The second-order valence-electron chi connectivity index (χ2n) is 4.42. The Hall–Kier alpha value is -2.05. The van der Waals surface area contributed by atoms with Gasteiger partial charge in [0.15, 0.2) is 0 Å². The predicted octanol–water partition coefficient (Wildman–Crippen LogP) is 5.06. The maximum Gasteiger partial charge on any atom is 0.417 e. The van der Waals surface area contributed by atoms with Crippen molar-refractivity contribution in [2.45, 2.75) is 6.18 Å². The highest BCUT2D eigenvalue weighted by molar-refractivity contribution is 6.35. The average Bonchev–Trinajstić information content (AvgIpc) is 2.46. The Labute approximate surface area is 139 Å². The molecule has 1 aromatic heterocycles. The Morgan fingerprint density at radius 3 is 2.48 bits per heavy atom. The summed E-state index contributed by atoms with van der Waals surface area (Å²) < 4.78 is 37.2. The zero-order chi connectivity index (χ0) is 17.0. The van der Waals surface area contributed by atoms with Gasteiger partial charge in [0, 0.05) is 22.3 Å². The van der Waals surface area contributed by atoms with E-state index in [0.29, 0.717) is 21.8 Å². The van der Waals surface area contributed by atoms with Crippen molar-refractivity contribution in [2.24, 2.45) is 0 Å². The topological polar surface area (TPSA) is 42.0 Å². The third-order valence-electron chi connectivity index (χ3n) is 2.72. The van der Waals surface area contributed by atoms with E-state index in [9.17, 15) is 18.0 Å². The van der Waals surface area contributed by atoms with Gasteiger partial charge >= 0.3 is 6.18 Å². The van der Waals surface area contributed by atoms with Gasteiger partial charge in [-0.15, -0.1) is 0 Å². The minimum absolute atomic E-state index is 0.00912. The molecule has 0 bridgehead atoms. The molecule has 23 heavy (non-hydrogen) atoms. The number of amides is 1. The summed E-state index contributed by atoms with van der Waals surface area (Å²) in [5.74, 6) is -0.543. The van der Waals surface area contributed by atoms with Crippen molar-refractivity contribution < 1.29 is 18.0 Å². The maximum absolute atomic E-state index is 12.4. The van der Waals surface area contributed by atoms with Gasteiger partial charge in [0.05, 0.1) is 5.56 Å². The molecule has 2 rings (SSSR count). The van der Waals surface area contributed by atoms with Crippen molar-refractivity contribution >= 4 is 41.0 Å². The van der Waals surface area contributed by atoms with Gasteiger partial charge in [-0.1, -0.05) is 29.3 Å². The van der Waals surface area contributed by atoms with Gasteiger partial charge in [0.2, 0.25) is 5.91 Å². The number of hydrogen-bond acceptors (Lipinski definition) is 2. The van der Waals surface area contributed by atoms with E-state index < -0.39 is 17.6 Å². The van der Waals surface area contributed by atoms with Crippen LogP contribution >= 0.6 is 23.2 Å². The first kappa shape index (κ1) is 17.3. The molecule has 0 aliphatic heterocycles. The lowest BCUT2D eigenvalue weighted by Crippen LogP contribution is -2.11. The van der Waals surface area contributed by atoms with Crippen LogP contribution in [0.4, 0.5) is 19.0 Å². The third kappa shape index (κ3) is 4.97. The number of hydrogen-bond donors (Lipinski definition) is 1. The predicted molar refractivity (Wildman–Crippen MR) is 83.4 cm³/mol. The molecule has 0 radical (unpaired) electrons. The summed E-state index contributed by atoms with van der Waals surface area (Å²) in [5.41, 5.74) is -0.314. The van der Waals surface area contributed by atoms with Gasteiger partial charge in [-0.05, 0) is 35.9 Å². The van der Waals surface area contributed by atoms with Crippen molar-refractivity contribution in [3.05, 3.63) is 63.8 Å². The summed E-state index contributed by atoms with van der Waals surface area (Å²) in [6.07, 6.45) is -1.18. The Morgan fingerprint density at radius 2 is 1.91 bits per heavy atom. The second kappa shape index (κ2) is 7.02. The number of nitrogens with zero attached hydrogens (tertiary/aromatic N) is 1. The number of halogens is 5. The molecule has 1 amide bonds. The van der Waals surface area contributed by atoms with Crippen LogP contribution in [-0.4, -0.2) is 10.9 Å². The molecule has 8 heteroatoms. The molecule has 1 aromatic carbocycles. The molecule has 0 saturated heterocycles. The lowest BCUT2D eigenvalue weighted by atomic mass is 10.2. The average molecular weight is 361 g/mol. The highest BCUT2D eigenvalue weighted by Gasteiger charge is 2.30. The van der Waals surface area contributed by atoms with E-state index in [2.05, 4.69) is 10.3 Å². The minimum atomic E-state index is -4.47. The maximum atomic E-state index is 12.4. The molecule has 1 N–H and O–H groups in total. The highest BCUT2D eigenvalue weighted by atomic mass is 35.5. The molecule has 120 valence electrons. The Balaban J connectivity index is 2.03. The molecule has 1 heterocycles. The number of aromatic nitrogens is 1. The van der Waals surface area contributed by atoms with Crippen LogP contribution in [0.2, 0.25) is 10.0 Å². The van der Waals surface area contributed by atoms with Gasteiger partial charge in [0.25, 0.3) is 0 Å². The summed E-state index contributed by atoms with van der Waals surface area (Å²) in [4.78, 5) is 15.3. The molecule has 3 nitrogen and oxygen atoms in total. The van der Waals surface area contributed by atoms with Gasteiger partial charge in [0.1, 0.15) is 5.82 Å². The van der Waals surface area contributed by atoms with Crippen LogP contribution in [0.25, 0.3) is 6.08 Å². The van der Waals surface area contributed by atoms with Gasteiger partial charge in [-0.25, -0.2) is 4.98 Å².